The van der Waals surface area contributed by atoms with Crippen molar-refractivity contribution in [1.82, 2.24) is 0 Å². The van der Waals surface area contributed by atoms with Gasteiger partial charge in [-0.25, -0.2) is 0 Å². The Balaban J connectivity index is 1.11. The van der Waals surface area contributed by atoms with Crippen molar-refractivity contribution >= 4 is 304 Å². The van der Waals surface area contributed by atoms with Crippen molar-refractivity contribution in [3.05, 3.63) is 33.4 Å². The molecule has 0 radical (unpaired) electrons. The van der Waals surface area contributed by atoms with E-state index in [0.717, 1.165) is 71.1 Å². The predicted molar refractivity (Wildman–Crippen MR) is 326 cm³/mol. The molecule has 0 spiro atoms. The molecule has 0 aliphatic heterocycles. The number of carbonyl (C=O) groups excluding carboxylic acids is 4. The molecule has 32 rings (SSSR count). The maximum Gasteiger partial charge on any atom is 0.321 e. The van der Waals surface area contributed by atoms with Crippen LogP contribution < -0.4 is 0 Å². The number of carbonyl (C=O) groups is 4. The molecule has 0 bridgehead atoms. The Morgan fingerprint density at radius 1 is 0.207 bits per heavy atom. The lowest BCUT2D eigenvalue weighted by Crippen LogP contribution is -2.56. The van der Waals surface area contributed by atoms with Gasteiger partial charge in [-0.3, -0.25) is 19.2 Å². The number of rotatable bonds is 10. The summed E-state index contributed by atoms with van der Waals surface area (Å²) < 4.78 is 25.8. The monoisotopic (exact) mass is 1040 g/mol. The van der Waals surface area contributed by atoms with E-state index in [4.69, 9.17) is 18.9 Å². The van der Waals surface area contributed by atoms with Crippen LogP contribution in [0.15, 0.2) is 0 Å². The molecule has 0 saturated carbocycles. The molecule has 0 N–H and O–H groups in total. The van der Waals surface area contributed by atoms with Crippen LogP contribution >= 0.6 is 0 Å². The number of benzene rings is 17. The number of hydrogen-bond acceptors (Lipinski definition) is 8. The van der Waals surface area contributed by atoms with E-state index in [1.165, 1.54) is 242 Å². The van der Waals surface area contributed by atoms with Gasteiger partial charge < -0.3 is 18.9 Å². The van der Waals surface area contributed by atoms with Gasteiger partial charge in [-0.2, -0.15) is 0 Å². The summed E-state index contributed by atoms with van der Waals surface area (Å²) in [6.07, 6.45) is 0. The van der Waals surface area contributed by atoms with Crippen LogP contribution in [-0.2, 0) is 49.0 Å². The fourth-order valence-electron chi connectivity index (χ4n) is 26.0. The molecular weight excluding hydrogens is 1020 g/mol. The fraction of sp³-hybridized carbons (Fsp3) is 0.162. The van der Waals surface area contributed by atoms with Gasteiger partial charge >= 0.3 is 23.9 Å². The Kier molecular flexibility index (Phi) is 3.70. The minimum absolute atomic E-state index is 0.0665. The van der Waals surface area contributed by atoms with Gasteiger partial charge in [0, 0.05) is 0 Å². The highest BCUT2D eigenvalue weighted by Gasteiger charge is 2.73. The summed E-state index contributed by atoms with van der Waals surface area (Å²) in [6.45, 7) is 7.61. The average molecular weight is 1040 g/mol. The molecule has 0 heterocycles. The summed E-state index contributed by atoms with van der Waals surface area (Å²) >= 11 is 0. The van der Waals surface area contributed by atoms with E-state index < -0.39 is 46.5 Å². The first-order chi connectivity index (χ1) is 40.4. The lowest BCUT2D eigenvalue weighted by molar-refractivity contribution is -0.166. The fourth-order valence-corrected chi connectivity index (χ4v) is 26.0. The van der Waals surface area contributed by atoms with Gasteiger partial charge in [0.15, 0.2) is 11.8 Å². The first-order valence-corrected chi connectivity index (χ1v) is 29.8. The molecule has 27 aromatic carbocycles. The maximum atomic E-state index is 16.4. The molecule has 8 nitrogen and oxygen atoms in total. The van der Waals surface area contributed by atoms with E-state index in [-0.39, 0.29) is 26.4 Å². The SMILES string of the molecule is CCOC(=O)C(C(=O)OCC)C12c3c4c5c6c7c8c9c%10c(c1c1c%11c2c2c%12c3c5c3c5c%12c%12c2c2c%11c%11c%13c1c%10c1c%10c9c9c7c7c6c3c3c5c5c%12c6c2c%11c2c(c%131)c1c%10c9c9c7c3c3c9c1c2c6c53)C48C(C(=O)OCC)C(=O)OCC. The van der Waals surface area contributed by atoms with Crippen molar-refractivity contribution in [2.24, 2.45) is 11.8 Å². The second-order valence-corrected chi connectivity index (χ2v) is 27.2. The van der Waals surface area contributed by atoms with Gasteiger partial charge in [0.25, 0.3) is 0 Å². The van der Waals surface area contributed by atoms with Crippen molar-refractivity contribution < 1.29 is 38.1 Å². The van der Waals surface area contributed by atoms with Crippen molar-refractivity contribution in [3.63, 3.8) is 0 Å². The Morgan fingerprint density at radius 3 is 0.476 bits per heavy atom. The number of ether oxygens (including phenoxy) is 4. The highest BCUT2D eigenvalue weighted by Crippen LogP contribution is 2.85. The number of hydrogen-bond donors (Lipinski definition) is 0. The molecule has 2 atom stereocenters. The zero-order chi connectivity index (χ0) is 51.6. The number of esters is 4. The lowest BCUT2D eigenvalue weighted by atomic mass is 9.48. The smallest absolute Gasteiger partial charge is 0.321 e. The molecule has 0 amide bonds. The molecule has 5 aliphatic rings. The summed E-state index contributed by atoms with van der Waals surface area (Å²) in [5.74, 6) is -5.41. The quantitative estimate of drug-likeness (QED) is 0.0577. The van der Waals surface area contributed by atoms with E-state index in [9.17, 15) is 0 Å². The van der Waals surface area contributed by atoms with Gasteiger partial charge in [-0.15, -0.1) is 0 Å². The molecule has 2 unspecified atom stereocenters. The zero-order valence-electron chi connectivity index (χ0n) is 43.2. The first kappa shape index (κ1) is 35.2. The molecule has 366 valence electrons. The minimum Gasteiger partial charge on any atom is -0.465 e. The van der Waals surface area contributed by atoms with Crippen molar-refractivity contribution in [2.75, 3.05) is 26.4 Å². The van der Waals surface area contributed by atoms with Crippen LogP contribution in [0.3, 0.4) is 0 Å². The molecule has 27 aromatic rings. The van der Waals surface area contributed by atoms with Crippen LogP contribution in [0.5, 0.6) is 0 Å². The van der Waals surface area contributed by atoms with E-state index in [1.807, 2.05) is 27.7 Å². The summed E-state index contributed by atoms with van der Waals surface area (Å²) in [5, 5.41) is 68.5. The highest BCUT2D eigenvalue weighted by atomic mass is 16.6. The molecule has 0 saturated heterocycles. The summed E-state index contributed by atoms with van der Waals surface area (Å²) in [6, 6.07) is 0. The van der Waals surface area contributed by atoms with Crippen LogP contribution in [0, 0.1) is 11.8 Å². The zero-order valence-corrected chi connectivity index (χ0v) is 43.2. The largest absolute Gasteiger partial charge is 0.465 e. The second kappa shape index (κ2) is 8.62. The molecular formula is C74H22O8. The molecule has 5 aliphatic carbocycles. The average Bonchev–Trinajstić information content (AvgIpc) is 1.40. The molecule has 8 heteroatoms. The minimum atomic E-state index is -1.52. The van der Waals surface area contributed by atoms with Gasteiger partial charge in [0.1, 0.15) is 0 Å². The summed E-state index contributed by atoms with van der Waals surface area (Å²) in [5.41, 5.74) is 2.61. The van der Waals surface area contributed by atoms with Crippen molar-refractivity contribution in [3.8, 4) is 0 Å². The van der Waals surface area contributed by atoms with Gasteiger partial charge in [-0.05, 0) is 341 Å². The van der Waals surface area contributed by atoms with Crippen LogP contribution in [0.1, 0.15) is 61.1 Å². The van der Waals surface area contributed by atoms with Crippen LogP contribution in [0.4, 0.5) is 0 Å². The van der Waals surface area contributed by atoms with E-state index in [2.05, 4.69) is 0 Å². The standard InChI is InChI=1S/C74H22O8/c1-5-79-69(75)67(70(76)80-6-2)73-61-53-44-37-24-17-11-12-14-10-9-13(11)22(24)28-26-15(9)19-16(10)27-29-23(14)25-18(12)21-20(17)31-39-32(21)41-38(25)45-43(29)47-34(27)36-30(19)35-33(26)46(42(28)44)57(61)59-48(35)49(36)60-58(47)62-54(45)51(41)56-52(39)55(50(53)40(31)37)63(73)64(56)74(62,66(60)65(59)73)68(71(77)81-7-3)72(78)82-8-4/h67-68H,5-8H2,1-4H3. The highest BCUT2D eigenvalue weighted by molar-refractivity contribution is 6.81. The summed E-state index contributed by atoms with van der Waals surface area (Å²) in [7, 11) is 0. The van der Waals surface area contributed by atoms with Gasteiger partial charge in [-0.1, -0.05) is 0 Å². The first-order valence-electron chi connectivity index (χ1n) is 29.8. The Morgan fingerprint density at radius 2 is 0.317 bits per heavy atom. The Bertz CT molecular complexity index is 7280. The Hall–Kier alpha value is -9.66. The van der Waals surface area contributed by atoms with Crippen molar-refractivity contribution in [2.45, 2.75) is 38.5 Å². The van der Waals surface area contributed by atoms with E-state index in [0.29, 0.717) is 0 Å². The van der Waals surface area contributed by atoms with Gasteiger partial charge in [0.05, 0.1) is 37.3 Å². The summed E-state index contributed by atoms with van der Waals surface area (Å²) in [4.78, 5) is 65.4. The third kappa shape index (κ3) is 2.09. The topological polar surface area (TPSA) is 105 Å². The van der Waals surface area contributed by atoms with Crippen molar-refractivity contribution in [1.29, 1.82) is 0 Å². The van der Waals surface area contributed by atoms with E-state index in [1.54, 1.807) is 0 Å². The predicted octanol–water partition coefficient (Wildman–Crippen LogP) is 16.5. The lowest BCUT2D eigenvalue weighted by Gasteiger charge is -2.51. The van der Waals surface area contributed by atoms with Crippen LogP contribution in [0.25, 0.3) is 280 Å². The molecule has 0 aromatic heterocycles. The molecule has 82 heavy (non-hydrogen) atoms. The molecule has 0 fully saturated rings. The maximum absolute atomic E-state index is 16.4. The van der Waals surface area contributed by atoms with Gasteiger partial charge in [0.2, 0.25) is 0 Å². The third-order valence-corrected chi connectivity index (χ3v) is 26.3. The Labute approximate surface area is 450 Å². The van der Waals surface area contributed by atoms with Crippen LogP contribution in [-0.4, -0.2) is 50.3 Å². The van der Waals surface area contributed by atoms with Crippen LogP contribution in [0.2, 0.25) is 0 Å². The second-order valence-electron chi connectivity index (χ2n) is 27.2. The third-order valence-electron chi connectivity index (χ3n) is 26.3. The van der Waals surface area contributed by atoms with E-state index >= 15 is 19.2 Å². The normalized spacial score (nSPS) is 20.2.